The molecule has 2 atom stereocenters. The number of carboxylic acid groups (broad SMARTS) is 1. The Labute approximate surface area is 120 Å². The number of ether oxygens (including phenoxy) is 1. The zero-order valence-electron chi connectivity index (χ0n) is 11.5. The van der Waals surface area contributed by atoms with Crippen LogP contribution < -0.4 is 0 Å². The summed E-state index contributed by atoms with van der Waals surface area (Å²) in [4.78, 5) is 22.4. The Balaban J connectivity index is 2.68. The number of benzene rings is 1. The third kappa shape index (κ3) is 4.77. The Kier molecular flexibility index (Phi) is 6.38. The van der Waals surface area contributed by atoms with E-state index in [1.807, 2.05) is 6.92 Å². The van der Waals surface area contributed by atoms with E-state index in [2.05, 4.69) is 0 Å². The first-order valence-electron chi connectivity index (χ1n) is 6.31. The largest absolute Gasteiger partial charge is 0.478 e. The highest BCUT2D eigenvalue weighted by molar-refractivity contribution is 7.85. The highest BCUT2D eigenvalue weighted by atomic mass is 32.2. The quantitative estimate of drug-likeness (QED) is 0.778. The molecule has 1 rings (SSSR count). The van der Waals surface area contributed by atoms with Crippen molar-refractivity contribution in [3.63, 3.8) is 0 Å². The van der Waals surface area contributed by atoms with Gasteiger partial charge in [0.2, 0.25) is 0 Å². The maximum absolute atomic E-state index is 12.1. The SMILES string of the molecule is CCCOC(=O)C(C)S(=O)Cc1cccc(C(=O)O)c1. The second kappa shape index (κ2) is 7.79. The molecule has 0 amide bonds. The Morgan fingerprint density at radius 1 is 1.40 bits per heavy atom. The molecule has 0 aromatic heterocycles. The van der Waals surface area contributed by atoms with Crippen LogP contribution in [-0.4, -0.2) is 33.1 Å². The lowest BCUT2D eigenvalue weighted by atomic mass is 10.1. The lowest BCUT2D eigenvalue weighted by molar-refractivity contribution is -0.142. The van der Waals surface area contributed by atoms with Crippen LogP contribution in [0.15, 0.2) is 24.3 Å². The fourth-order valence-corrected chi connectivity index (χ4v) is 2.55. The van der Waals surface area contributed by atoms with Crippen molar-refractivity contribution in [2.45, 2.75) is 31.3 Å². The third-order valence-corrected chi connectivity index (χ3v) is 4.26. The third-order valence-electron chi connectivity index (χ3n) is 2.66. The molecule has 0 spiro atoms. The van der Waals surface area contributed by atoms with Crippen molar-refractivity contribution in [3.05, 3.63) is 35.4 Å². The van der Waals surface area contributed by atoms with Gasteiger partial charge in [0.15, 0.2) is 0 Å². The summed E-state index contributed by atoms with van der Waals surface area (Å²) in [5.41, 5.74) is 0.763. The van der Waals surface area contributed by atoms with Gasteiger partial charge in [-0.25, -0.2) is 4.79 Å². The predicted molar refractivity (Wildman–Crippen MR) is 76.0 cm³/mol. The highest BCUT2D eigenvalue weighted by Gasteiger charge is 2.21. The fourth-order valence-electron chi connectivity index (χ4n) is 1.51. The first kappa shape index (κ1) is 16.4. The number of carbonyl (C=O) groups is 2. The van der Waals surface area contributed by atoms with Gasteiger partial charge < -0.3 is 9.84 Å². The van der Waals surface area contributed by atoms with E-state index in [-0.39, 0.29) is 11.3 Å². The van der Waals surface area contributed by atoms with Crippen LogP contribution in [0, 0.1) is 0 Å². The molecule has 0 saturated carbocycles. The molecule has 20 heavy (non-hydrogen) atoms. The van der Waals surface area contributed by atoms with E-state index in [4.69, 9.17) is 9.84 Å². The van der Waals surface area contributed by atoms with Gasteiger partial charge in [-0.05, 0) is 31.0 Å². The second-order valence-corrected chi connectivity index (χ2v) is 6.10. The summed E-state index contributed by atoms with van der Waals surface area (Å²) in [6.45, 7) is 3.75. The number of esters is 1. The highest BCUT2D eigenvalue weighted by Crippen LogP contribution is 2.11. The van der Waals surface area contributed by atoms with E-state index in [1.165, 1.54) is 12.1 Å². The summed E-state index contributed by atoms with van der Waals surface area (Å²) in [5.74, 6) is -1.39. The molecule has 0 aliphatic carbocycles. The van der Waals surface area contributed by atoms with Gasteiger partial charge in [0, 0.05) is 16.6 Å². The molecular formula is C14H18O5S. The average molecular weight is 298 g/mol. The first-order valence-corrected chi connectivity index (χ1v) is 7.70. The minimum atomic E-state index is -1.44. The average Bonchev–Trinajstić information content (AvgIpc) is 2.44. The van der Waals surface area contributed by atoms with Crippen LogP contribution in [0.25, 0.3) is 0 Å². The van der Waals surface area contributed by atoms with Crippen molar-refractivity contribution in [1.29, 1.82) is 0 Å². The fraction of sp³-hybridized carbons (Fsp3) is 0.429. The van der Waals surface area contributed by atoms with Gasteiger partial charge >= 0.3 is 11.9 Å². The summed E-state index contributed by atoms with van der Waals surface area (Å²) in [5, 5.41) is 8.16. The van der Waals surface area contributed by atoms with Gasteiger partial charge in [0.05, 0.1) is 12.2 Å². The van der Waals surface area contributed by atoms with E-state index < -0.39 is 28.0 Å². The van der Waals surface area contributed by atoms with Gasteiger partial charge in [0.25, 0.3) is 0 Å². The van der Waals surface area contributed by atoms with Gasteiger partial charge in [-0.2, -0.15) is 0 Å². The normalized spacial score (nSPS) is 13.5. The Hall–Kier alpha value is -1.69. The van der Waals surface area contributed by atoms with Crippen molar-refractivity contribution in [2.24, 2.45) is 0 Å². The molecule has 0 aliphatic rings. The van der Waals surface area contributed by atoms with E-state index in [0.29, 0.717) is 18.6 Å². The molecule has 110 valence electrons. The smallest absolute Gasteiger partial charge is 0.335 e. The van der Waals surface area contributed by atoms with E-state index in [0.717, 1.165) is 0 Å². The minimum absolute atomic E-state index is 0.128. The minimum Gasteiger partial charge on any atom is -0.478 e. The Morgan fingerprint density at radius 3 is 2.70 bits per heavy atom. The maximum atomic E-state index is 12.1. The van der Waals surface area contributed by atoms with Gasteiger partial charge in [0.1, 0.15) is 5.25 Å². The summed E-state index contributed by atoms with van der Waals surface area (Å²) < 4.78 is 17.0. The van der Waals surface area contributed by atoms with Crippen molar-refractivity contribution < 1.29 is 23.6 Å². The lowest BCUT2D eigenvalue weighted by Crippen LogP contribution is -2.26. The van der Waals surface area contributed by atoms with Crippen LogP contribution in [-0.2, 0) is 26.1 Å². The topological polar surface area (TPSA) is 80.7 Å². The maximum Gasteiger partial charge on any atom is 0.335 e. The van der Waals surface area contributed by atoms with Crippen LogP contribution in [0.5, 0.6) is 0 Å². The van der Waals surface area contributed by atoms with Crippen LogP contribution in [0.3, 0.4) is 0 Å². The number of carboxylic acids is 1. The van der Waals surface area contributed by atoms with Crippen LogP contribution in [0.4, 0.5) is 0 Å². The standard InChI is InChI=1S/C14H18O5S/c1-3-7-19-14(17)10(2)20(18)9-11-5-4-6-12(8-11)13(15)16/h4-6,8,10H,3,7,9H2,1-2H3,(H,15,16). The molecule has 2 unspecified atom stereocenters. The molecule has 0 fully saturated rings. The van der Waals surface area contributed by atoms with E-state index in [9.17, 15) is 13.8 Å². The Bertz CT molecular complexity index is 512. The summed E-state index contributed by atoms with van der Waals surface area (Å²) in [6, 6.07) is 6.21. The van der Waals surface area contributed by atoms with Crippen LogP contribution in [0.2, 0.25) is 0 Å². The molecule has 6 heteroatoms. The number of hydrogen-bond donors (Lipinski definition) is 1. The van der Waals surface area contributed by atoms with Crippen LogP contribution >= 0.6 is 0 Å². The second-order valence-electron chi connectivity index (χ2n) is 4.34. The molecule has 1 N–H and O–H groups in total. The van der Waals surface area contributed by atoms with Crippen LogP contribution in [0.1, 0.15) is 36.2 Å². The molecule has 0 heterocycles. The molecular weight excluding hydrogens is 280 g/mol. The van der Waals surface area contributed by atoms with E-state index >= 15 is 0 Å². The van der Waals surface area contributed by atoms with Crippen molar-refractivity contribution in [2.75, 3.05) is 6.61 Å². The molecule has 0 aliphatic heterocycles. The number of carbonyl (C=O) groups excluding carboxylic acids is 1. The Morgan fingerprint density at radius 2 is 2.10 bits per heavy atom. The number of aromatic carboxylic acids is 1. The monoisotopic (exact) mass is 298 g/mol. The zero-order chi connectivity index (χ0) is 15.1. The molecule has 0 bridgehead atoms. The van der Waals surface area contributed by atoms with Crippen molar-refractivity contribution >= 4 is 22.7 Å². The summed E-state index contributed by atoms with van der Waals surface area (Å²) in [7, 11) is -1.44. The van der Waals surface area contributed by atoms with Gasteiger partial charge in [-0.15, -0.1) is 0 Å². The van der Waals surface area contributed by atoms with Crippen molar-refractivity contribution in [3.8, 4) is 0 Å². The summed E-state index contributed by atoms with van der Waals surface area (Å²) in [6.07, 6.45) is 0.714. The van der Waals surface area contributed by atoms with Crippen molar-refractivity contribution in [1.82, 2.24) is 0 Å². The van der Waals surface area contributed by atoms with E-state index in [1.54, 1.807) is 19.1 Å². The number of hydrogen-bond acceptors (Lipinski definition) is 4. The predicted octanol–water partition coefficient (Wildman–Crippen LogP) is 1.98. The van der Waals surface area contributed by atoms with Gasteiger partial charge in [-0.1, -0.05) is 19.1 Å². The molecule has 5 nitrogen and oxygen atoms in total. The van der Waals surface area contributed by atoms with Gasteiger partial charge in [-0.3, -0.25) is 9.00 Å². The molecule has 1 aromatic carbocycles. The summed E-state index contributed by atoms with van der Waals surface area (Å²) >= 11 is 0. The zero-order valence-corrected chi connectivity index (χ0v) is 12.3. The first-order chi connectivity index (χ1) is 9.45. The molecule has 0 saturated heterocycles. The number of rotatable bonds is 7. The lowest BCUT2D eigenvalue weighted by Gasteiger charge is -2.11. The molecule has 0 radical (unpaired) electrons. The molecule has 1 aromatic rings.